The third-order valence-electron chi connectivity index (χ3n) is 4.33. The smallest absolute Gasteiger partial charge is 0.305 e. The molecule has 0 amide bonds. The van der Waals surface area contributed by atoms with Crippen molar-refractivity contribution >= 4 is 5.97 Å². The fourth-order valence-corrected chi connectivity index (χ4v) is 3.17. The van der Waals surface area contributed by atoms with Gasteiger partial charge in [0.25, 0.3) is 0 Å². The summed E-state index contributed by atoms with van der Waals surface area (Å²) in [6.07, 6.45) is 7.13. The van der Waals surface area contributed by atoms with Crippen molar-refractivity contribution < 1.29 is 9.53 Å². The molecule has 0 aromatic heterocycles. The molecule has 1 heterocycles. The highest BCUT2D eigenvalue weighted by Gasteiger charge is 2.25. The Balaban J connectivity index is 1.59. The quantitative estimate of drug-likeness (QED) is 0.696. The first kappa shape index (κ1) is 13.8. The Morgan fingerprint density at radius 1 is 1.17 bits per heavy atom. The van der Waals surface area contributed by atoms with Crippen molar-refractivity contribution in [2.45, 2.75) is 44.6 Å². The van der Waals surface area contributed by atoms with E-state index >= 15 is 0 Å². The average molecular weight is 254 g/mol. The van der Waals surface area contributed by atoms with Gasteiger partial charge in [0.1, 0.15) is 0 Å². The molecule has 0 unspecified atom stereocenters. The lowest BCUT2D eigenvalue weighted by Gasteiger charge is -2.38. The molecule has 2 aliphatic rings. The zero-order valence-corrected chi connectivity index (χ0v) is 11.6. The molecule has 2 rings (SSSR count). The minimum absolute atomic E-state index is 0.0837. The van der Waals surface area contributed by atoms with Crippen molar-refractivity contribution in [3.8, 4) is 0 Å². The van der Waals surface area contributed by atoms with Gasteiger partial charge in [-0.15, -0.1) is 0 Å². The molecule has 104 valence electrons. The minimum atomic E-state index is -0.0837. The summed E-state index contributed by atoms with van der Waals surface area (Å²) in [6.45, 7) is 5.79. The maximum Gasteiger partial charge on any atom is 0.305 e. The van der Waals surface area contributed by atoms with Gasteiger partial charge in [0.2, 0.25) is 0 Å². The first-order valence-electron chi connectivity index (χ1n) is 7.33. The van der Waals surface area contributed by atoms with E-state index in [1.165, 1.54) is 45.9 Å². The van der Waals surface area contributed by atoms with Crippen LogP contribution in [0.15, 0.2) is 0 Å². The molecule has 1 saturated heterocycles. The molecule has 0 N–H and O–H groups in total. The number of piperazine rings is 1. The van der Waals surface area contributed by atoms with E-state index in [0.29, 0.717) is 6.42 Å². The van der Waals surface area contributed by atoms with Gasteiger partial charge in [-0.3, -0.25) is 9.69 Å². The highest BCUT2D eigenvalue weighted by atomic mass is 16.5. The normalized spacial score (nSPS) is 23.4. The Labute approximate surface area is 110 Å². The number of nitrogens with zero attached hydrogens (tertiary/aromatic N) is 2. The van der Waals surface area contributed by atoms with Crippen molar-refractivity contribution in [3.63, 3.8) is 0 Å². The van der Waals surface area contributed by atoms with E-state index in [4.69, 9.17) is 0 Å². The zero-order valence-electron chi connectivity index (χ0n) is 11.6. The molecule has 1 aliphatic heterocycles. The first-order chi connectivity index (χ1) is 8.79. The molecule has 0 spiro atoms. The Morgan fingerprint density at radius 2 is 1.83 bits per heavy atom. The number of ether oxygens (including phenoxy) is 1. The van der Waals surface area contributed by atoms with Gasteiger partial charge in [0.05, 0.1) is 7.11 Å². The first-order valence-corrected chi connectivity index (χ1v) is 7.33. The fourth-order valence-electron chi connectivity index (χ4n) is 3.17. The van der Waals surface area contributed by atoms with E-state index in [2.05, 4.69) is 14.5 Å². The van der Waals surface area contributed by atoms with E-state index in [0.717, 1.165) is 32.1 Å². The molecule has 18 heavy (non-hydrogen) atoms. The maximum atomic E-state index is 11.0. The van der Waals surface area contributed by atoms with Crippen LogP contribution in [0.25, 0.3) is 0 Å². The van der Waals surface area contributed by atoms with Crippen molar-refractivity contribution in [2.75, 3.05) is 39.8 Å². The number of carbonyl (C=O) groups excluding carboxylic acids is 1. The SMILES string of the molecule is COC(=O)CCCN1CCN(C2CCCC2)CC1. The van der Waals surface area contributed by atoms with Crippen LogP contribution >= 0.6 is 0 Å². The summed E-state index contributed by atoms with van der Waals surface area (Å²) in [4.78, 5) is 16.2. The molecule has 1 saturated carbocycles. The Morgan fingerprint density at radius 3 is 2.44 bits per heavy atom. The van der Waals surface area contributed by atoms with Crippen molar-refractivity contribution in [2.24, 2.45) is 0 Å². The van der Waals surface area contributed by atoms with Gasteiger partial charge in [-0.25, -0.2) is 0 Å². The Hall–Kier alpha value is -0.610. The summed E-state index contributed by atoms with van der Waals surface area (Å²) in [5.74, 6) is -0.0837. The average Bonchev–Trinajstić information content (AvgIpc) is 2.93. The van der Waals surface area contributed by atoms with Crippen LogP contribution < -0.4 is 0 Å². The van der Waals surface area contributed by atoms with Gasteiger partial charge in [0, 0.05) is 38.6 Å². The van der Waals surface area contributed by atoms with Crippen molar-refractivity contribution in [1.82, 2.24) is 9.80 Å². The van der Waals surface area contributed by atoms with Crippen molar-refractivity contribution in [1.29, 1.82) is 0 Å². The molecule has 0 radical (unpaired) electrons. The van der Waals surface area contributed by atoms with Gasteiger partial charge in [-0.2, -0.15) is 0 Å². The van der Waals surface area contributed by atoms with Crippen LogP contribution in [-0.2, 0) is 9.53 Å². The molecule has 1 aliphatic carbocycles. The monoisotopic (exact) mass is 254 g/mol. The topological polar surface area (TPSA) is 32.8 Å². The lowest BCUT2D eigenvalue weighted by molar-refractivity contribution is -0.140. The predicted octanol–water partition coefficient (Wildman–Crippen LogP) is 1.50. The maximum absolute atomic E-state index is 11.0. The zero-order chi connectivity index (χ0) is 12.8. The van der Waals surface area contributed by atoms with Crippen LogP contribution in [-0.4, -0.2) is 61.6 Å². The van der Waals surface area contributed by atoms with Crippen LogP contribution in [0.5, 0.6) is 0 Å². The molecular formula is C14H26N2O2. The largest absolute Gasteiger partial charge is 0.469 e. The van der Waals surface area contributed by atoms with E-state index in [-0.39, 0.29) is 5.97 Å². The molecule has 0 bridgehead atoms. The van der Waals surface area contributed by atoms with Crippen LogP contribution in [0.1, 0.15) is 38.5 Å². The second kappa shape index (κ2) is 7.10. The van der Waals surface area contributed by atoms with E-state index in [9.17, 15) is 4.79 Å². The number of esters is 1. The number of rotatable bonds is 5. The number of methoxy groups -OCH3 is 1. The van der Waals surface area contributed by atoms with Crippen LogP contribution in [0, 0.1) is 0 Å². The van der Waals surface area contributed by atoms with E-state index in [1.54, 1.807) is 0 Å². The highest BCUT2D eigenvalue weighted by Crippen LogP contribution is 2.24. The summed E-state index contributed by atoms with van der Waals surface area (Å²) in [6, 6.07) is 0.863. The number of hydrogen-bond donors (Lipinski definition) is 0. The van der Waals surface area contributed by atoms with Crippen molar-refractivity contribution in [3.05, 3.63) is 0 Å². The van der Waals surface area contributed by atoms with E-state index in [1.807, 2.05) is 0 Å². The summed E-state index contributed by atoms with van der Waals surface area (Å²) in [5, 5.41) is 0. The second-order valence-electron chi connectivity index (χ2n) is 5.50. The van der Waals surface area contributed by atoms with Crippen LogP contribution in [0.3, 0.4) is 0 Å². The third-order valence-corrected chi connectivity index (χ3v) is 4.33. The van der Waals surface area contributed by atoms with Gasteiger partial charge in [-0.1, -0.05) is 12.8 Å². The number of carbonyl (C=O) groups is 1. The lowest BCUT2D eigenvalue weighted by atomic mass is 10.1. The second-order valence-corrected chi connectivity index (χ2v) is 5.50. The molecule has 0 aromatic rings. The molecule has 4 nitrogen and oxygen atoms in total. The summed E-state index contributed by atoms with van der Waals surface area (Å²) in [7, 11) is 1.46. The standard InChI is InChI=1S/C14H26N2O2/c1-18-14(17)7-4-8-15-9-11-16(12-10-15)13-5-2-3-6-13/h13H,2-12H2,1H3. The lowest BCUT2D eigenvalue weighted by Crippen LogP contribution is -2.49. The van der Waals surface area contributed by atoms with Gasteiger partial charge < -0.3 is 9.64 Å². The number of hydrogen-bond acceptors (Lipinski definition) is 4. The highest BCUT2D eigenvalue weighted by molar-refractivity contribution is 5.69. The summed E-state index contributed by atoms with van der Waals surface area (Å²) < 4.78 is 4.66. The van der Waals surface area contributed by atoms with Gasteiger partial charge >= 0.3 is 5.97 Å². The van der Waals surface area contributed by atoms with E-state index < -0.39 is 0 Å². The summed E-state index contributed by atoms with van der Waals surface area (Å²) in [5.41, 5.74) is 0. The summed E-state index contributed by atoms with van der Waals surface area (Å²) >= 11 is 0. The van der Waals surface area contributed by atoms with Gasteiger partial charge in [-0.05, 0) is 25.8 Å². The fraction of sp³-hybridized carbons (Fsp3) is 0.929. The van der Waals surface area contributed by atoms with Crippen LogP contribution in [0.2, 0.25) is 0 Å². The minimum Gasteiger partial charge on any atom is -0.469 e. The molecular weight excluding hydrogens is 228 g/mol. The Bertz CT molecular complexity index is 257. The molecule has 0 atom stereocenters. The Kier molecular flexibility index (Phi) is 5.45. The molecule has 2 fully saturated rings. The van der Waals surface area contributed by atoms with Gasteiger partial charge in [0.15, 0.2) is 0 Å². The molecule has 0 aromatic carbocycles. The predicted molar refractivity (Wildman–Crippen MR) is 71.5 cm³/mol. The third kappa shape index (κ3) is 3.95. The molecule has 4 heteroatoms. The van der Waals surface area contributed by atoms with Crippen LogP contribution in [0.4, 0.5) is 0 Å².